The summed E-state index contributed by atoms with van der Waals surface area (Å²) < 4.78 is 44.1. The third-order valence-corrected chi connectivity index (χ3v) is 2.05. The zero-order chi connectivity index (χ0) is 14.8. The smallest absolute Gasteiger partial charge is 0.406 e. The normalized spacial score (nSPS) is 11.2. The first-order valence-electron chi connectivity index (χ1n) is 5.10. The Morgan fingerprint density at radius 2 is 2.10 bits per heavy atom. The van der Waals surface area contributed by atoms with Crippen molar-refractivity contribution in [1.29, 1.82) is 0 Å². The van der Waals surface area contributed by atoms with Crippen LogP contribution in [-0.4, -0.2) is 22.6 Å². The maximum Gasteiger partial charge on any atom is 0.573 e. The lowest BCUT2D eigenvalue weighted by atomic mass is 10.3. The highest BCUT2D eigenvalue weighted by Crippen LogP contribution is 2.25. The summed E-state index contributed by atoms with van der Waals surface area (Å²) in [6.45, 7) is 0. The molecule has 0 spiro atoms. The fourth-order valence-electron chi connectivity index (χ4n) is 1.31. The Morgan fingerprint density at radius 3 is 2.70 bits per heavy atom. The summed E-state index contributed by atoms with van der Waals surface area (Å²) in [4.78, 5) is 11.7. The van der Waals surface area contributed by atoms with E-state index >= 15 is 0 Å². The number of anilines is 2. The quantitative estimate of drug-likeness (QED) is 0.892. The summed E-state index contributed by atoms with van der Waals surface area (Å²) in [6, 6.07) is 4.73. The van der Waals surface area contributed by atoms with Crippen molar-refractivity contribution in [2.24, 2.45) is 0 Å². The second-order valence-electron chi connectivity index (χ2n) is 3.53. The standard InChI is InChI=1S/C10H7F3N4O3/c11-10(12,13)19-6-3-1-2-5(4-6)15-9(18)7-8(14)17-20-16-7/h1-4H,(H2,14,17)(H,15,18). The number of nitrogens with one attached hydrogen (secondary N) is 1. The second-order valence-corrected chi connectivity index (χ2v) is 3.53. The molecule has 20 heavy (non-hydrogen) atoms. The van der Waals surface area contributed by atoms with Crippen LogP contribution in [0.5, 0.6) is 5.75 Å². The fourth-order valence-corrected chi connectivity index (χ4v) is 1.31. The first-order chi connectivity index (χ1) is 9.35. The number of ether oxygens (including phenoxy) is 1. The summed E-state index contributed by atoms with van der Waals surface area (Å²) >= 11 is 0. The number of aromatic nitrogens is 2. The molecule has 2 rings (SSSR count). The predicted molar refractivity (Wildman–Crippen MR) is 59.8 cm³/mol. The van der Waals surface area contributed by atoms with Gasteiger partial charge in [-0.2, -0.15) is 0 Å². The van der Waals surface area contributed by atoms with Gasteiger partial charge < -0.3 is 15.8 Å². The first kappa shape index (κ1) is 13.6. The average Bonchev–Trinajstić information content (AvgIpc) is 2.73. The van der Waals surface area contributed by atoms with Crippen molar-refractivity contribution in [3.63, 3.8) is 0 Å². The van der Waals surface area contributed by atoms with Crippen molar-refractivity contribution in [1.82, 2.24) is 10.3 Å². The van der Waals surface area contributed by atoms with Crippen molar-refractivity contribution in [2.75, 3.05) is 11.1 Å². The van der Waals surface area contributed by atoms with Crippen molar-refractivity contribution in [3.8, 4) is 5.75 Å². The molecule has 7 nitrogen and oxygen atoms in total. The fraction of sp³-hybridized carbons (Fsp3) is 0.100. The van der Waals surface area contributed by atoms with E-state index < -0.39 is 18.0 Å². The average molecular weight is 288 g/mol. The van der Waals surface area contributed by atoms with E-state index in [-0.39, 0.29) is 17.2 Å². The summed E-state index contributed by atoms with van der Waals surface area (Å²) in [6.07, 6.45) is -4.82. The number of nitrogen functional groups attached to an aromatic ring is 1. The Hall–Kier alpha value is -2.78. The Balaban J connectivity index is 2.12. The molecule has 1 aromatic carbocycles. The van der Waals surface area contributed by atoms with Crippen molar-refractivity contribution in [3.05, 3.63) is 30.0 Å². The van der Waals surface area contributed by atoms with E-state index in [0.29, 0.717) is 0 Å². The minimum absolute atomic E-state index is 0.0687. The van der Waals surface area contributed by atoms with Gasteiger partial charge in [-0.05, 0) is 22.4 Å². The van der Waals surface area contributed by atoms with Crippen LogP contribution in [0.2, 0.25) is 0 Å². The van der Waals surface area contributed by atoms with Crippen LogP contribution in [0.25, 0.3) is 0 Å². The molecule has 0 aliphatic rings. The van der Waals surface area contributed by atoms with Crippen molar-refractivity contribution < 1.29 is 27.3 Å². The molecule has 1 aromatic heterocycles. The Labute approximate surface area is 109 Å². The van der Waals surface area contributed by atoms with Crippen molar-refractivity contribution in [2.45, 2.75) is 6.36 Å². The van der Waals surface area contributed by atoms with Gasteiger partial charge in [0.2, 0.25) is 11.5 Å². The van der Waals surface area contributed by atoms with Gasteiger partial charge in [-0.3, -0.25) is 4.79 Å². The summed E-state index contributed by atoms with van der Waals surface area (Å²) in [5.41, 5.74) is 5.10. The maximum atomic E-state index is 12.1. The van der Waals surface area contributed by atoms with Crippen LogP contribution >= 0.6 is 0 Å². The Bertz CT molecular complexity index is 626. The molecule has 1 heterocycles. The van der Waals surface area contributed by atoms with Gasteiger partial charge in [-0.1, -0.05) is 6.07 Å². The second kappa shape index (κ2) is 5.07. The third kappa shape index (κ3) is 3.37. The van der Waals surface area contributed by atoms with E-state index in [9.17, 15) is 18.0 Å². The lowest BCUT2D eigenvalue weighted by Crippen LogP contribution is -2.18. The summed E-state index contributed by atoms with van der Waals surface area (Å²) in [5, 5.41) is 8.74. The van der Waals surface area contributed by atoms with Gasteiger partial charge in [0.05, 0.1) is 0 Å². The number of carbonyl (C=O) groups is 1. The SMILES string of the molecule is Nc1nonc1C(=O)Nc1cccc(OC(F)(F)F)c1. The highest BCUT2D eigenvalue weighted by atomic mass is 19.4. The van der Waals surface area contributed by atoms with Gasteiger partial charge in [-0.15, -0.1) is 13.2 Å². The molecular formula is C10H7F3N4O3. The third-order valence-electron chi connectivity index (χ3n) is 2.05. The molecule has 0 unspecified atom stereocenters. The number of halogens is 3. The van der Waals surface area contributed by atoms with E-state index in [0.717, 1.165) is 12.1 Å². The molecule has 1 amide bonds. The Kier molecular flexibility index (Phi) is 3.46. The monoisotopic (exact) mass is 288 g/mol. The molecule has 0 fully saturated rings. The largest absolute Gasteiger partial charge is 0.573 e. The maximum absolute atomic E-state index is 12.1. The molecule has 10 heteroatoms. The highest BCUT2D eigenvalue weighted by molar-refractivity contribution is 6.05. The molecule has 0 saturated heterocycles. The van der Waals surface area contributed by atoms with Gasteiger partial charge in [0.25, 0.3) is 5.91 Å². The highest BCUT2D eigenvalue weighted by Gasteiger charge is 2.31. The number of carbonyl (C=O) groups excluding carboxylic acids is 1. The van der Waals surface area contributed by atoms with Gasteiger partial charge >= 0.3 is 6.36 Å². The zero-order valence-electron chi connectivity index (χ0n) is 9.64. The number of nitrogens with zero attached hydrogens (tertiary/aromatic N) is 2. The molecule has 0 saturated carbocycles. The molecular weight excluding hydrogens is 281 g/mol. The first-order valence-corrected chi connectivity index (χ1v) is 5.10. The Morgan fingerprint density at radius 1 is 1.35 bits per heavy atom. The molecule has 0 aliphatic carbocycles. The number of benzene rings is 1. The van der Waals surface area contributed by atoms with Gasteiger partial charge in [0.15, 0.2) is 0 Å². The van der Waals surface area contributed by atoms with Gasteiger partial charge in [-0.25, -0.2) is 4.63 Å². The molecule has 106 valence electrons. The predicted octanol–water partition coefficient (Wildman–Crippen LogP) is 1.80. The van der Waals surface area contributed by atoms with Crippen LogP contribution < -0.4 is 15.8 Å². The molecule has 0 aliphatic heterocycles. The van der Waals surface area contributed by atoms with Crippen LogP contribution in [0.4, 0.5) is 24.7 Å². The molecule has 0 atom stereocenters. The van der Waals surface area contributed by atoms with Crippen LogP contribution in [-0.2, 0) is 0 Å². The number of nitrogens with two attached hydrogens (primary N) is 1. The van der Waals surface area contributed by atoms with Gasteiger partial charge in [0.1, 0.15) is 5.75 Å². The van der Waals surface area contributed by atoms with Crippen LogP contribution in [0.1, 0.15) is 10.5 Å². The number of alkyl halides is 3. The number of rotatable bonds is 3. The van der Waals surface area contributed by atoms with E-state index in [4.69, 9.17) is 5.73 Å². The van der Waals surface area contributed by atoms with Crippen molar-refractivity contribution >= 4 is 17.4 Å². The van der Waals surface area contributed by atoms with Crippen LogP contribution in [0, 0.1) is 0 Å². The minimum Gasteiger partial charge on any atom is -0.406 e. The molecule has 0 radical (unpaired) electrons. The van der Waals surface area contributed by atoms with E-state index in [2.05, 4.69) is 25.0 Å². The summed E-state index contributed by atoms with van der Waals surface area (Å²) in [7, 11) is 0. The van der Waals surface area contributed by atoms with Gasteiger partial charge in [0, 0.05) is 11.8 Å². The lowest BCUT2D eigenvalue weighted by molar-refractivity contribution is -0.274. The van der Waals surface area contributed by atoms with Crippen LogP contribution in [0.3, 0.4) is 0 Å². The van der Waals surface area contributed by atoms with E-state index in [1.807, 2.05) is 0 Å². The number of hydrogen-bond donors (Lipinski definition) is 2. The molecule has 3 N–H and O–H groups in total. The zero-order valence-corrected chi connectivity index (χ0v) is 9.64. The lowest BCUT2D eigenvalue weighted by Gasteiger charge is -2.10. The number of hydrogen-bond acceptors (Lipinski definition) is 6. The number of amides is 1. The van der Waals surface area contributed by atoms with Crippen LogP contribution in [0.15, 0.2) is 28.9 Å². The molecule has 0 bridgehead atoms. The topological polar surface area (TPSA) is 103 Å². The van der Waals surface area contributed by atoms with E-state index in [1.54, 1.807) is 0 Å². The molecule has 2 aromatic rings. The summed E-state index contributed by atoms with van der Waals surface area (Å²) in [5.74, 6) is -1.47. The van der Waals surface area contributed by atoms with E-state index in [1.165, 1.54) is 12.1 Å². The minimum atomic E-state index is -4.82.